The molecule has 0 radical (unpaired) electrons. The van der Waals surface area contributed by atoms with Crippen LogP contribution in [-0.4, -0.2) is 31.2 Å². The molecule has 0 spiro atoms. The molecular formula is C19H26N2O3. The summed E-state index contributed by atoms with van der Waals surface area (Å²) in [5, 5.41) is 3.30. The van der Waals surface area contributed by atoms with E-state index in [9.17, 15) is 4.79 Å². The first kappa shape index (κ1) is 15.8. The Morgan fingerprint density at radius 3 is 2.58 bits per heavy atom. The van der Waals surface area contributed by atoms with Crippen molar-refractivity contribution in [2.24, 2.45) is 17.6 Å². The van der Waals surface area contributed by atoms with Gasteiger partial charge in [0.2, 0.25) is 5.91 Å². The lowest BCUT2D eigenvalue weighted by molar-refractivity contribution is -0.122. The molecule has 0 saturated heterocycles. The van der Waals surface area contributed by atoms with E-state index in [0.717, 1.165) is 29.9 Å². The maximum atomic E-state index is 12.5. The minimum atomic E-state index is 0.101. The lowest BCUT2D eigenvalue weighted by Crippen LogP contribution is -2.54. The van der Waals surface area contributed by atoms with Gasteiger partial charge in [-0.15, -0.1) is 0 Å². The largest absolute Gasteiger partial charge is 0.486 e. The topological polar surface area (TPSA) is 73.6 Å². The Balaban J connectivity index is 1.40. The molecule has 0 aromatic heterocycles. The summed E-state index contributed by atoms with van der Waals surface area (Å²) in [6.45, 7) is 1.15. The summed E-state index contributed by atoms with van der Waals surface area (Å²) < 4.78 is 11.1. The van der Waals surface area contributed by atoms with Gasteiger partial charge in [-0.3, -0.25) is 4.79 Å². The maximum absolute atomic E-state index is 12.5. The van der Waals surface area contributed by atoms with Gasteiger partial charge < -0.3 is 20.5 Å². The molecule has 4 rings (SSSR count). The monoisotopic (exact) mass is 330 g/mol. The lowest BCUT2D eigenvalue weighted by atomic mass is 9.67. The number of hydrogen-bond acceptors (Lipinski definition) is 4. The van der Waals surface area contributed by atoms with Crippen molar-refractivity contribution in [3.63, 3.8) is 0 Å². The molecule has 3 aliphatic rings. The second kappa shape index (κ2) is 6.63. The predicted octanol–water partition coefficient (Wildman–Crippen LogP) is 2.02. The minimum Gasteiger partial charge on any atom is -0.486 e. The Bertz CT molecular complexity index is 605. The average Bonchev–Trinajstić information content (AvgIpc) is 2.55. The molecule has 2 fully saturated rings. The molecule has 1 heterocycles. The van der Waals surface area contributed by atoms with Crippen LogP contribution in [0.4, 0.5) is 0 Å². The van der Waals surface area contributed by atoms with Gasteiger partial charge in [-0.2, -0.15) is 0 Å². The quantitative estimate of drug-likeness (QED) is 0.889. The van der Waals surface area contributed by atoms with Gasteiger partial charge in [-0.05, 0) is 55.2 Å². The highest BCUT2D eigenvalue weighted by Gasteiger charge is 2.39. The van der Waals surface area contributed by atoms with E-state index < -0.39 is 0 Å². The highest BCUT2D eigenvalue weighted by Crippen LogP contribution is 2.39. The van der Waals surface area contributed by atoms with E-state index in [1.54, 1.807) is 0 Å². The van der Waals surface area contributed by atoms with Crippen molar-refractivity contribution in [1.82, 2.24) is 5.32 Å². The maximum Gasteiger partial charge on any atom is 0.224 e. The second-order valence-electron chi connectivity index (χ2n) is 7.43. The van der Waals surface area contributed by atoms with Crippen LogP contribution in [0.3, 0.4) is 0 Å². The van der Waals surface area contributed by atoms with Crippen LogP contribution in [-0.2, 0) is 11.2 Å². The van der Waals surface area contributed by atoms with E-state index in [2.05, 4.69) is 5.32 Å². The summed E-state index contributed by atoms with van der Waals surface area (Å²) in [7, 11) is 0. The van der Waals surface area contributed by atoms with E-state index in [1.165, 1.54) is 19.3 Å². The molecule has 1 aromatic rings. The van der Waals surface area contributed by atoms with Crippen molar-refractivity contribution in [2.75, 3.05) is 13.2 Å². The fraction of sp³-hybridized carbons (Fsp3) is 0.632. The summed E-state index contributed by atoms with van der Waals surface area (Å²) in [5.41, 5.74) is 7.13. The molecule has 3 N–H and O–H groups in total. The first-order chi connectivity index (χ1) is 11.7. The highest BCUT2D eigenvalue weighted by atomic mass is 16.6. The van der Waals surface area contributed by atoms with Crippen molar-refractivity contribution >= 4 is 5.91 Å². The third-order valence-corrected chi connectivity index (χ3v) is 5.68. The fourth-order valence-corrected chi connectivity index (χ4v) is 4.64. The SMILES string of the molecule is NC1CC2CCCC(C1)C2NC(=O)Cc1ccc2c(c1)OCCO2. The first-order valence-electron chi connectivity index (χ1n) is 9.12. The van der Waals surface area contributed by atoms with Gasteiger partial charge in [0, 0.05) is 12.1 Å². The van der Waals surface area contributed by atoms with Gasteiger partial charge in [-0.25, -0.2) is 0 Å². The van der Waals surface area contributed by atoms with Crippen molar-refractivity contribution in [3.8, 4) is 11.5 Å². The molecule has 130 valence electrons. The third-order valence-electron chi connectivity index (χ3n) is 5.68. The predicted molar refractivity (Wildman–Crippen MR) is 91.1 cm³/mol. The number of benzene rings is 1. The van der Waals surface area contributed by atoms with Crippen LogP contribution in [0.1, 0.15) is 37.7 Å². The van der Waals surface area contributed by atoms with Crippen molar-refractivity contribution in [1.29, 1.82) is 0 Å². The summed E-state index contributed by atoms with van der Waals surface area (Å²) >= 11 is 0. The smallest absolute Gasteiger partial charge is 0.224 e. The standard InChI is InChI=1S/C19H26N2O3/c20-15-10-13-2-1-3-14(11-15)19(13)21-18(22)9-12-4-5-16-17(8-12)24-7-6-23-16/h4-5,8,13-15,19H,1-3,6-7,9-11,20H2,(H,21,22). The average molecular weight is 330 g/mol. The molecule has 1 aliphatic heterocycles. The molecule has 1 aromatic carbocycles. The van der Waals surface area contributed by atoms with Crippen LogP contribution in [0.2, 0.25) is 0 Å². The van der Waals surface area contributed by atoms with Gasteiger partial charge in [0.1, 0.15) is 13.2 Å². The van der Waals surface area contributed by atoms with Gasteiger partial charge in [0.15, 0.2) is 11.5 Å². The fourth-order valence-electron chi connectivity index (χ4n) is 4.64. The summed E-state index contributed by atoms with van der Waals surface area (Å²) in [6, 6.07) is 6.39. The van der Waals surface area contributed by atoms with Crippen LogP contribution in [0.5, 0.6) is 11.5 Å². The Morgan fingerprint density at radius 1 is 1.12 bits per heavy atom. The van der Waals surface area contributed by atoms with Crippen molar-refractivity contribution < 1.29 is 14.3 Å². The second-order valence-corrected chi connectivity index (χ2v) is 7.43. The zero-order chi connectivity index (χ0) is 16.5. The number of fused-ring (bicyclic) bond motifs is 3. The van der Waals surface area contributed by atoms with Gasteiger partial charge >= 0.3 is 0 Å². The van der Waals surface area contributed by atoms with Crippen LogP contribution in [0.25, 0.3) is 0 Å². The van der Waals surface area contributed by atoms with Gasteiger partial charge in [0.05, 0.1) is 6.42 Å². The first-order valence-corrected chi connectivity index (χ1v) is 9.12. The van der Waals surface area contributed by atoms with Gasteiger partial charge in [0.25, 0.3) is 0 Å². The molecule has 2 saturated carbocycles. The van der Waals surface area contributed by atoms with E-state index in [1.807, 2.05) is 18.2 Å². The summed E-state index contributed by atoms with van der Waals surface area (Å²) in [5.74, 6) is 2.71. The zero-order valence-corrected chi connectivity index (χ0v) is 14.0. The molecule has 5 nitrogen and oxygen atoms in total. The number of nitrogens with two attached hydrogens (primary N) is 1. The molecule has 2 aliphatic carbocycles. The molecule has 2 bridgehead atoms. The highest BCUT2D eigenvalue weighted by molar-refractivity contribution is 5.79. The molecule has 1 amide bonds. The molecular weight excluding hydrogens is 304 g/mol. The van der Waals surface area contributed by atoms with Crippen molar-refractivity contribution in [2.45, 2.75) is 50.6 Å². The Hall–Kier alpha value is -1.75. The number of hydrogen-bond donors (Lipinski definition) is 2. The van der Waals surface area contributed by atoms with Crippen LogP contribution < -0.4 is 20.5 Å². The van der Waals surface area contributed by atoms with Crippen LogP contribution in [0, 0.1) is 11.8 Å². The number of rotatable bonds is 3. The van der Waals surface area contributed by atoms with Crippen molar-refractivity contribution in [3.05, 3.63) is 23.8 Å². The van der Waals surface area contributed by atoms with E-state index in [4.69, 9.17) is 15.2 Å². The van der Waals surface area contributed by atoms with E-state index in [0.29, 0.717) is 43.6 Å². The normalized spacial score (nSPS) is 31.4. The van der Waals surface area contributed by atoms with E-state index in [-0.39, 0.29) is 5.91 Å². The Kier molecular flexibility index (Phi) is 4.35. The molecule has 5 heteroatoms. The number of amides is 1. The molecule has 2 atom stereocenters. The lowest BCUT2D eigenvalue weighted by Gasteiger charge is -2.45. The van der Waals surface area contributed by atoms with Crippen LogP contribution in [0.15, 0.2) is 18.2 Å². The van der Waals surface area contributed by atoms with E-state index >= 15 is 0 Å². The van der Waals surface area contributed by atoms with Crippen LogP contribution >= 0.6 is 0 Å². The van der Waals surface area contributed by atoms with Gasteiger partial charge in [-0.1, -0.05) is 12.5 Å². The third kappa shape index (κ3) is 3.22. The number of ether oxygens (including phenoxy) is 2. The Labute approximate surface area is 142 Å². The minimum absolute atomic E-state index is 0.101. The number of carbonyl (C=O) groups excluding carboxylic acids is 1. The number of carbonyl (C=O) groups is 1. The zero-order valence-electron chi connectivity index (χ0n) is 14.0. The molecule has 2 unspecified atom stereocenters. The summed E-state index contributed by atoms with van der Waals surface area (Å²) in [6.07, 6.45) is 6.14. The summed E-state index contributed by atoms with van der Waals surface area (Å²) in [4.78, 5) is 12.5. The number of nitrogens with one attached hydrogen (secondary N) is 1. The Morgan fingerprint density at radius 2 is 1.83 bits per heavy atom. The molecule has 24 heavy (non-hydrogen) atoms.